The summed E-state index contributed by atoms with van der Waals surface area (Å²) >= 11 is 1.75. The molecule has 0 amide bonds. The van der Waals surface area contributed by atoms with Crippen LogP contribution in [0.1, 0.15) is 17.8 Å². The van der Waals surface area contributed by atoms with E-state index in [4.69, 9.17) is 4.42 Å². The van der Waals surface area contributed by atoms with E-state index in [9.17, 15) is 0 Å². The summed E-state index contributed by atoms with van der Waals surface area (Å²) in [6, 6.07) is 8.28. The number of hydrogen-bond donors (Lipinski definition) is 1. The van der Waals surface area contributed by atoms with Gasteiger partial charge in [-0.1, -0.05) is 6.07 Å². The molecule has 0 saturated carbocycles. The zero-order valence-corrected chi connectivity index (χ0v) is 8.17. The number of furan rings is 1. The molecule has 2 aromatic rings. The van der Waals surface area contributed by atoms with Gasteiger partial charge in [0, 0.05) is 10.9 Å². The van der Waals surface area contributed by atoms with Crippen LogP contribution < -0.4 is 5.32 Å². The molecule has 1 unspecified atom stereocenters. The van der Waals surface area contributed by atoms with Gasteiger partial charge in [0.2, 0.25) is 0 Å². The summed E-state index contributed by atoms with van der Waals surface area (Å²) in [6.07, 6.45) is 1.67. The zero-order chi connectivity index (χ0) is 9.10. The maximum atomic E-state index is 5.20. The van der Waals surface area contributed by atoms with E-state index in [1.165, 1.54) is 4.88 Å². The van der Waals surface area contributed by atoms with Gasteiger partial charge in [0.15, 0.2) is 5.88 Å². The van der Waals surface area contributed by atoms with Crippen molar-refractivity contribution in [3.05, 3.63) is 40.8 Å². The van der Waals surface area contributed by atoms with E-state index in [1.54, 1.807) is 17.6 Å². The van der Waals surface area contributed by atoms with Gasteiger partial charge in [0.05, 0.1) is 12.3 Å². The highest BCUT2D eigenvalue weighted by atomic mass is 32.1. The molecule has 0 aliphatic carbocycles. The van der Waals surface area contributed by atoms with Crippen molar-refractivity contribution in [2.24, 2.45) is 0 Å². The molecule has 13 heavy (non-hydrogen) atoms. The summed E-state index contributed by atoms with van der Waals surface area (Å²) in [7, 11) is 0. The maximum absolute atomic E-state index is 5.20. The molecule has 3 heteroatoms. The van der Waals surface area contributed by atoms with Gasteiger partial charge in [-0.25, -0.2) is 0 Å². The lowest BCUT2D eigenvalue weighted by Crippen LogP contribution is -2.03. The fourth-order valence-corrected chi connectivity index (χ4v) is 1.92. The summed E-state index contributed by atoms with van der Waals surface area (Å²) in [5.74, 6) is 0.820. The van der Waals surface area contributed by atoms with Crippen LogP contribution in [0, 0.1) is 0 Å². The molecule has 2 rings (SSSR count). The lowest BCUT2D eigenvalue weighted by atomic mass is 10.3. The van der Waals surface area contributed by atoms with Crippen LogP contribution in [0.2, 0.25) is 0 Å². The third-order valence-corrected chi connectivity index (χ3v) is 2.90. The zero-order valence-electron chi connectivity index (χ0n) is 7.36. The third kappa shape index (κ3) is 1.92. The topological polar surface area (TPSA) is 25.2 Å². The molecule has 0 radical (unpaired) electrons. The number of rotatable bonds is 3. The van der Waals surface area contributed by atoms with Crippen LogP contribution in [-0.2, 0) is 0 Å². The van der Waals surface area contributed by atoms with Crippen LogP contribution in [0.3, 0.4) is 0 Å². The third-order valence-electron chi connectivity index (χ3n) is 1.85. The van der Waals surface area contributed by atoms with Crippen LogP contribution in [0.15, 0.2) is 40.3 Å². The van der Waals surface area contributed by atoms with Crippen molar-refractivity contribution >= 4 is 17.2 Å². The normalized spacial score (nSPS) is 12.7. The Kier molecular flexibility index (Phi) is 2.36. The molecule has 0 fully saturated rings. The molecule has 1 N–H and O–H groups in total. The minimum atomic E-state index is 0.311. The molecule has 2 nitrogen and oxygen atoms in total. The Morgan fingerprint density at radius 2 is 2.31 bits per heavy atom. The van der Waals surface area contributed by atoms with Gasteiger partial charge in [0.25, 0.3) is 0 Å². The summed E-state index contributed by atoms with van der Waals surface area (Å²) < 4.78 is 5.20. The molecule has 0 aliphatic rings. The Bertz CT molecular complexity index is 339. The van der Waals surface area contributed by atoms with Gasteiger partial charge in [-0.3, -0.25) is 0 Å². The number of hydrogen-bond acceptors (Lipinski definition) is 3. The quantitative estimate of drug-likeness (QED) is 0.806. The molecule has 0 saturated heterocycles. The molecule has 0 aliphatic heterocycles. The first-order valence-electron chi connectivity index (χ1n) is 4.20. The Morgan fingerprint density at radius 1 is 1.38 bits per heavy atom. The van der Waals surface area contributed by atoms with E-state index in [0.29, 0.717) is 6.04 Å². The van der Waals surface area contributed by atoms with Gasteiger partial charge in [-0.05, 0) is 24.4 Å². The second-order valence-electron chi connectivity index (χ2n) is 2.86. The minimum Gasteiger partial charge on any atom is -0.449 e. The highest BCUT2D eigenvalue weighted by molar-refractivity contribution is 7.10. The molecule has 2 heterocycles. The van der Waals surface area contributed by atoms with E-state index in [2.05, 4.69) is 29.8 Å². The number of nitrogens with one attached hydrogen (secondary N) is 1. The van der Waals surface area contributed by atoms with Gasteiger partial charge in [0.1, 0.15) is 0 Å². The Morgan fingerprint density at radius 3 is 2.92 bits per heavy atom. The molecule has 68 valence electrons. The maximum Gasteiger partial charge on any atom is 0.193 e. The second-order valence-corrected chi connectivity index (χ2v) is 3.84. The summed E-state index contributed by atoms with van der Waals surface area (Å²) in [5, 5.41) is 5.35. The minimum absolute atomic E-state index is 0.311. The van der Waals surface area contributed by atoms with Crippen LogP contribution >= 0.6 is 11.3 Å². The SMILES string of the molecule is CC(Nc1ccco1)c1cccs1. The fourth-order valence-electron chi connectivity index (χ4n) is 1.18. The van der Waals surface area contributed by atoms with Gasteiger partial charge in [-0.15, -0.1) is 11.3 Å². The van der Waals surface area contributed by atoms with Crippen molar-refractivity contribution in [3.63, 3.8) is 0 Å². The van der Waals surface area contributed by atoms with Crippen molar-refractivity contribution in [3.8, 4) is 0 Å². The number of thiophene rings is 1. The van der Waals surface area contributed by atoms with E-state index >= 15 is 0 Å². The van der Waals surface area contributed by atoms with Gasteiger partial charge < -0.3 is 9.73 Å². The standard InChI is InChI=1S/C10H11NOS/c1-8(9-4-3-7-13-9)11-10-5-2-6-12-10/h2-8,11H,1H3. The molecule has 0 bridgehead atoms. The number of anilines is 1. The van der Waals surface area contributed by atoms with Crippen molar-refractivity contribution in [1.29, 1.82) is 0 Å². The van der Waals surface area contributed by atoms with Crippen LogP contribution in [0.4, 0.5) is 5.88 Å². The molecular formula is C10H11NOS. The monoisotopic (exact) mass is 193 g/mol. The lowest BCUT2D eigenvalue weighted by molar-refractivity contribution is 0.572. The van der Waals surface area contributed by atoms with E-state index in [1.807, 2.05) is 12.1 Å². The Labute approximate surface area is 81.2 Å². The Balaban J connectivity index is 2.04. The summed E-state index contributed by atoms with van der Waals surface area (Å²) in [5.41, 5.74) is 0. The van der Waals surface area contributed by atoms with Crippen LogP contribution in [0.5, 0.6) is 0 Å². The fraction of sp³-hybridized carbons (Fsp3) is 0.200. The summed E-state index contributed by atoms with van der Waals surface area (Å²) in [6.45, 7) is 2.12. The highest BCUT2D eigenvalue weighted by Crippen LogP contribution is 2.22. The first kappa shape index (κ1) is 8.38. The van der Waals surface area contributed by atoms with E-state index in [-0.39, 0.29) is 0 Å². The molecule has 0 aromatic carbocycles. The predicted octanol–water partition coefficient (Wildman–Crippen LogP) is 3.51. The average Bonchev–Trinajstić information content (AvgIpc) is 2.74. The molecule has 0 spiro atoms. The van der Waals surface area contributed by atoms with E-state index in [0.717, 1.165) is 5.88 Å². The predicted molar refractivity (Wildman–Crippen MR) is 55.1 cm³/mol. The van der Waals surface area contributed by atoms with Crippen molar-refractivity contribution in [2.75, 3.05) is 5.32 Å². The average molecular weight is 193 g/mol. The van der Waals surface area contributed by atoms with Crippen molar-refractivity contribution in [2.45, 2.75) is 13.0 Å². The van der Waals surface area contributed by atoms with Crippen molar-refractivity contribution < 1.29 is 4.42 Å². The molecule has 2 aromatic heterocycles. The van der Waals surface area contributed by atoms with Gasteiger partial charge in [-0.2, -0.15) is 0 Å². The van der Waals surface area contributed by atoms with Crippen LogP contribution in [0.25, 0.3) is 0 Å². The summed E-state index contributed by atoms with van der Waals surface area (Å²) in [4.78, 5) is 1.32. The first-order chi connectivity index (χ1) is 6.36. The largest absolute Gasteiger partial charge is 0.449 e. The molecular weight excluding hydrogens is 182 g/mol. The second kappa shape index (κ2) is 3.66. The van der Waals surface area contributed by atoms with Crippen molar-refractivity contribution in [1.82, 2.24) is 0 Å². The smallest absolute Gasteiger partial charge is 0.193 e. The Hall–Kier alpha value is -1.22. The first-order valence-corrected chi connectivity index (χ1v) is 5.07. The molecule has 1 atom stereocenters. The lowest BCUT2D eigenvalue weighted by Gasteiger charge is -2.10. The van der Waals surface area contributed by atoms with Crippen LogP contribution in [-0.4, -0.2) is 0 Å². The highest BCUT2D eigenvalue weighted by Gasteiger charge is 2.06. The van der Waals surface area contributed by atoms with Gasteiger partial charge >= 0.3 is 0 Å². The van der Waals surface area contributed by atoms with E-state index < -0.39 is 0 Å².